The van der Waals surface area contributed by atoms with Gasteiger partial charge >= 0.3 is 0 Å². The Labute approximate surface area is 187 Å². The van der Waals surface area contributed by atoms with E-state index in [0.29, 0.717) is 13.1 Å². The van der Waals surface area contributed by atoms with Crippen molar-refractivity contribution in [2.24, 2.45) is 13.0 Å². The zero-order valence-corrected chi connectivity index (χ0v) is 19.3. The van der Waals surface area contributed by atoms with Gasteiger partial charge in [-0.2, -0.15) is 0 Å². The molecule has 1 fully saturated rings. The fourth-order valence-electron chi connectivity index (χ4n) is 4.10. The summed E-state index contributed by atoms with van der Waals surface area (Å²) in [6, 6.07) is 14.4. The van der Waals surface area contributed by atoms with E-state index in [2.05, 4.69) is 13.8 Å². The van der Waals surface area contributed by atoms with Crippen LogP contribution in [0.15, 0.2) is 48.7 Å². The Balaban J connectivity index is 1.75. The molecule has 168 valence electrons. The predicted octanol–water partition coefficient (Wildman–Crippen LogP) is 4.76. The average Bonchev–Trinajstić information content (AvgIpc) is 3.54. The van der Waals surface area contributed by atoms with Gasteiger partial charge in [0.2, 0.25) is 11.8 Å². The molecule has 3 rings (SSSR count). The highest BCUT2D eigenvalue weighted by Gasteiger charge is 2.37. The monoisotopic (exact) mass is 423 g/mol. The van der Waals surface area contributed by atoms with Gasteiger partial charge in [-0.15, -0.1) is 0 Å². The molecule has 1 aromatic heterocycles. The first-order chi connectivity index (χ1) is 15.0. The highest BCUT2D eigenvalue weighted by molar-refractivity contribution is 5.86. The summed E-state index contributed by atoms with van der Waals surface area (Å²) in [4.78, 5) is 30.6. The Hall–Kier alpha value is -2.56. The van der Waals surface area contributed by atoms with Gasteiger partial charge in [0, 0.05) is 37.4 Å². The van der Waals surface area contributed by atoms with E-state index in [1.54, 1.807) is 0 Å². The highest BCUT2D eigenvalue weighted by Crippen LogP contribution is 2.30. The van der Waals surface area contributed by atoms with Crippen LogP contribution in [0.1, 0.15) is 63.6 Å². The van der Waals surface area contributed by atoms with Crippen molar-refractivity contribution in [2.45, 2.75) is 71.5 Å². The van der Waals surface area contributed by atoms with Crippen molar-refractivity contribution in [3.8, 4) is 0 Å². The number of rotatable bonds is 12. The summed E-state index contributed by atoms with van der Waals surface area (Å²) in [7, 11) is 2.00. The lowest BCUT2D eigenvalue weighted by atomic mass is 9.97. The van der Waals surface area contributed by atoms with Gasteiger partial charge in [0.15, 0.2) is 0 Å². The van der Waals surface area contributed by atoms with E-state index in [-0.39, 0.29) is 30.3 Å². The van der Waals surface area contributed by atoms with Crippen molar-refractivity contribution in [1.82, 2.24) is 14.4 Å². The largest absolute Gasteiger partial charge is 0.353 e. The molecule has 1 unspecified atom stereocenters. The third-order valence-electron chi connectivity index (χ3n) is 6.30. The summed E-state index contributed by atoms with van der Waals surface area (Å²) < 4.78 is 2.05. The number of amides is 2. The fraction of sp³-hybridized carbons (Fsp3) is 0.538. The SMILES string of the molecule is CCCCC(CC)C(=O)N(CC(=O)N(Cc1ccccc1)Cc1cccn1C)C1CC1. The summed E-state index contributed by atoms with van der Waals surface area (Å²) in [5, 5.41) is 0. The van der Waals surface area contributed by atoms with Crippen LogP contribution < -0.4 is 0 Å². The third kappa shape index (κ3) is 6.46. The van der Waals surface area contributed by atoms with Gasteiger partial charge in [0.1, 0.15) is 6.54 Å². The van der Waals surface area contributed by atoms with E-state index >= 15 is 0 Å². The number of aromatic nitrogens is 1. The summed E-state index contributed by atoms with van der Waals surface area (Å²) in [6.45, 7) is 5.51. The number of carbonyl (C=O) groups excluding carboxylic acids is 2. The average molecular weight is 424 g/mol. The van der Waals surface area contributed by atoms with Crippen molar-refractivity contribution in [3.63, 3.8) is 0 Å². The molecular formula is C26H37N3O2. The molecule has 1 atom stereocenters. The minimum atomic E-state index is 0.0237. The number of hydrogen-bond acceptors (Lipinski definition) is 2. The van der Waals surface area contributed by atoms with Crippen LogP contribution in [0.3, 0.4) is 0 Å². The maximum atomic E-state index is 13.5. The van der Waals surface area contributed by atoms with Gasteiger partial charge in [-0.1, -0.05) is 57.0 Å². The molecule has 0 bridgehead atoms. The van der Waals surface area contributed by atoms with Crippen molar-refractivity contribution in [3.05, 3.63) is 59.9 Å². The lowest BCUT2D eigenvalue weighted by molar-refractivity contribution is -0.144. The van der Waals surface area contributed by atoms with Crippen molar-refractivity contribution in [1.29, 1.82) is 0 Å². The molecule has 0 N–H and O–H groups in total. The lowest BCUT2D eigenvalue weighted by Crippen LogP contribution is -2.45. The number of unbranched alkanes of at least 4 members (excludes halogenated alkanes) is 1. The van der Waals surface area contributed by atoms with E-state index in [1.165, 1.54) is 0 Å². The van der Waals surface area contributed by atoms with Crippen LogP contribution in [-0.2, 0) is 29.7 Å². The number of benzene rings is 1. The zero-order chi connectivity index (χ0) is 22.2. The van der Waals surface area contributed by atoms with Gasteiger partial charge in [-0.25, -0.2) is 0 Å². The molecule has 5 heteroatoms. The van der Waals surface area contributed by atoms with Gasteiger partial charge in [0.25, 0.3) is 0 Å². The smallest absolute Gasteiger partial charge is 0.242 e. The normalized spacial score (nSPS) is 14.3. The van der Waals surface area contributed by atoms with E-state index in [9.17, 15) is 9.59 Å². The van der Waals surface area contributed by atoms with Gasteiger partial charge in [0.05, 0.1) is 6.54 Å². The van der Waals surface area contributed by atoms with Crippen LogP contribution in [0, 0.1) is 5.92 Å². The van der Waals surface area contributed by atoms with Crippen LogP contribution in [0.25, 0.3) is 0 Å². The molecule has 0 aliphatic heterocycles. The molecule has 1 saturated carbocycles. The Morgan fingerprint density at radius 1 is 1.06 bits per heavy atom. The Morgan fingerprint density at radius 3 is 2.39 bits per heavy atom. The summed E-state index contributed by atoms with van der Waals surface area (Å²) in [5.74, 6) is 0.227. The molecule has 31 heavy (non-hydrogen) atoms. The predicted molar refractivity (Wildman–Crippen MR) is 124 cm³/mol. The van der Waals surface area contributed by atoms with Crippen LogP contribution in [-0.4, -0.2) is 38.8 Å². The highest BCUT2D eigenvalue weighted by atomic mass is 16.2. The van der Waals surface area contributed by atoms with E-state index in [0.717, 1.165) is 49.8 Å². The maximum absolute atomic E-state index is 13.5. The second-order valence-electron chi connectivity index (χ2n) is 8.79. The fourth-order valence-corrected chi connectivity index (χ4v) is 4.10. The van der Waals surface area contributed by atoms with Gasteiger partial charge in [-0.3, -0.25) is 9.59 Å². The molecule has 1 aromatic carbocycles. The van der Waals surface area contributed by atoms with Crippen LogP contribution in [0.4, 0.5) is 0 Å². The molecule has 2 amide bonds. The first-order valence-electron chi connectivity index (χ1n) is 11.8. The van der Waals surface area contributed by atoms with Crippen LogP contribution in [0.5, 0.6) is 0 Å². The first-order valence-corrected chi connectivity index (χ1v) is 11.8. The number of aryl methyl sites for hydroxylation is 1. The molecular weight excluding hydrogens is 386 g/mol. The topological polar surface area (TPSA) is 45.6 Å². The number of hydrogen-bond donors (Lipinski definition) is 0. The lowest BCUT2D eigenvalue weighted by Gasteiger charge is -2.30. The first kappa shape index (κ1) is 23.1. The molecule has 5 nitrogen and oxygen atoms in total. The Kier molecular flexibility index (Phi) is 8.33. The minimum Gasteiger partial charge on any atom is -0.353 e. The number of nitrogens with zero attached hydrogens (tertiary/aromatic N) is 3. The van der Waals surface area contributed by atoms with E-state index in [1.807, 2.05) is 70.1 Å². The second kappa shape index (κ2) is 11.2. The second-order valence-corrected chi connectivity index (χ2v) is 8.79. The van der Waals surface area contributed by atoms with Crippen LogP contribution in [0.2, 0.25) is 0 Å². The Morgan fingerprint density at radius 2 is 1.81 bits per heavy atom. The standard InChI is InChI=1S/C26H37N3O2/c1-4-6-13-22(5-2)26(31)29(23-15-16-23)20-25(30)28(18-21-11-8-7-9-12-21)19-24-14-10-17-27(24)3/h7-12,14,17,22-23H,4-6,13,15-16,18-20H2,1-3H3. The molecule has 0 radical (unpaired) electrons. The molecule has 1 aliphatic carbocycles. The molecule has 0 saturated heterocycles. The third-order valence-corrected chi connectivity index (χ3v) is 6.30. The van der Waals surface area contributed by atoms with Crippen molar-refractivity contribution >= 4 is 11.8 Å². The molecule has 1 aliphatic rings. The van der Waals surface area contributed by atoms with E-state index < -0.39 is 0 Å². The summed E-state index contributed by atoms with van der Waals surface area (Å²) in [5.41, 5.74) is 2.19. The van der Waals surface area contributed by atoms with Crippen LogP contribution >= 0.6 is 0 Å². The quantitative estimate of drug-likeness (QED) is 0.494. The van der Waals surface area contributed by atoms with Gasteiger partial charge in [-0.05, 0) is 43.4 Å². The summed E-state index contributed by atoms with van der Waals surface area (Å²) in [6.07, 6.45) is 7.94. The zero-order valence-electron chi connectivity index (χ0n) is 19.3. The summed E-state index contributed by atoms with van der Waals surface area (Å²) >= 11 is 0. The minimum absolute atomic E-state index is 0.0237. The maximum Gasteiger partial charge on any atom is 0.242 e. The van der Waals surface area contributed by atoms with Gasteiger partial charge < -0.3 is 14.4 Å². The van der Waals surface area contributed by atoms with Crippen molar-refractivity contribution in [2.75, 3.05) is 6.54 Å². The number of carbonyl (C=O) groups is 2. The molecule has 2 aromatic rings. The van der Waals surface area contributed by atoms with Crippen molar-refractivity contribution < 1.29 is 9.59 Å². The molecule has 1 heterocycles. The molecule has 0 spiro atoms. The van der Waals surface area contributed by atoms with E-state index in [4.69, 9.17) is 0 Å². The Bertz CT molecular complexity index is 841.